The first-order valence-electron chi connectivity index (χ1n) is 6.33. The fourth-order valence-corrected chi connectivity index (χ4v) is 4.42. The molecule has 0 N–H and O–H groups in total. The largest absolute Gasteiger partial charge is 0.458 e. The summed E-state index contributed by atoms with van der Waals surface area (Å²) >= 11 is 0. The predicted molar refractivity (Wildman–Crippen MR) is 54.5 cm³/mol. The van der Waals surface area contributed by atoms with Crippen LogP contribution in [0, 0.1) is 17.3 Å². The maximum atomic E-state index is 5.73. The minimum Gasteiger partial charge on any atom is -0.458 e. The van der Waals surface area contributed by atoms with Gasteiger partial charge in [0.05, 0.1) is 0 Å². The Labute approximate surface area is 85.5 Å². The van der Waals surface area contributed by atoms with Crippen molar-refractivity contribution in [3.8, 4) is 0 Å². The molecule has 14 heavy (non-hydrogen) atoms. The van der Waals surface area contributed by atoms with Crippen LogP contribution in [0.1, 0.15) is 51.4 Å². The predicted octanol–water partition coefficient (Wildman–Crippen LogP) is 3.61. The van der Waals surface area contributed by atoms with Crippen molar-refractivity contribution in [3.05, 3.63) is 11.5 Å². The summed E-state index contributed by atoms with van der Waals surface area (Å²) in [6.07, 6.45) is 11.7. The van der Waals surface area contributed by atoms with Crippen LogP contribution in [0.4, 0.5) is 0 Å². The summed E-state index contributed by atoms with van der Waals surface area (Å²) in [6, 6.07) is 0. The summed E-state index contributed by atoms with van der Waals surface area (Å²) in [4.78, 5) is 0. The number of rotatable bonds is 1. The van der Waals surface area contributed by atoms with Gasteiger partial charge in [0.15, 0.2) is 0 Å². The third-order valence-corrected chi connectivity index (χ3v) is 5.15. The lowest BCUT2D eigenvalue weighted by atomic mass is 9.68. The van der Waals surface area contributed by atoms with Crippen molar-refractivity contribution in [2.24, 2.45) is 17.3 Å². The van der Waals surface area contributed by atoms with Crippen LogP contribution in [0.3, 0.4) is 0 Å². The van der Waals surface area contributed by atoms with Crippen molar-refractivity contribution in [1.82, 2.24) is 0 Å². The first-order valence-corrected chi connectivity index (χ1v) is 6.33. The fourth-order valence-electron chi connectivity index (χ4n) is 4.42. The van der Waals surface area contributed by atoms with Gasteiger partial charge < -0.3 is 4.74 Å². The third-order valence-electron chi connectivity index (χ3n) is 5.15. The first-order chi connectivity index (χ1) is 6.90. The summed E-state index contributed by atoms with van der Waals surface area (Å²) in [6.45, 7) is 0. The van der Waals surface area contributed by atoms with Crippen molar-refractivity contribution < 1.29 is 4.74 Å². The van der Waals surface area contributed by atoms with Crippen LogP contribution in [-0.2, 0) is 4.74 Å². The second-order valence-corrected chi connectivity index (χ2v) is 5.73. The molecule has 2 atom stereocenters. The van der Waals surface area contributed by atoms with Crippen LogP contribution >= 0.6 is 0 Å². The molecule has 1 heteroatoms. The molecule has 3 aliphatic carbocycles. The monoisotopic (exact) mass is 190 g/mol. The Bertz CT molecular complexity index is 311. The van der Waals surface area contributed by atoms with E-state index in [1.165, 1.54) is 62.9 Å². The SMILES string of the molecule is C1CCC(C23CCC(C2)C2=C3O2)CC1. The van der Waals surface area contributed by atoms with Gasteiger partial charge >= 0.3 is 0 Å². The van der Waals surface area contributed by atoms with Crippen molar-refractivity contribution in [1.29, 1.82) is 0 Å². The summed E-state index contributed by atoms with van der Waals surface area (Å²) in [5, 5.41) is 0. The molecule has 2 fully saturated rings. The number of hydrogen-bond donors (Lipinski definition) is 0. The number of ether oxygens (including phenoxy) is 1. The van der Waals surface area contributed by atoms with E-state index in [1.54, 1.807) is 0 Å². The highest BCUT2D eigenvalue weighted by Gasteiger charge is 2.63. The van der Waals surface area contributed by atoms with Gasteiger partial charge in [0.2, 0.25) is 0 Å². The molecule has 2 bridgehead atoms. The lowest BCUT2D eigenvalue weighted by Gasteiger charge is -2.36. The molecule has 1 nitrogen and oxygen atoms in total. The minimum absolute atomic E-state index is 0.570. The number of hydrogen-bond acceptors (Lipinski definition) is 1. The molecule has 0 aromatic rings. The first kappa shape index (κ1) is 7.78. The van der Waals surface area contributed by atoms with Crippen LogP contribution in [0.15, 0.2) is 11.5 Å². The average molecular weight is 190 g/mol. The topological polar surface area (TPSA) is 12.5 Å². The number of fused-ring (bicyclic) bond motifs is 4. The Kier molecular flexibility index (Phi) is 1.32. The van der Waals surface area contributed by atoms with E-state index < -0.39 is 0 Å². The molecular formula is C13H18O. The smallest absolute Gasteiger partial charge is 0.149 e. The van der Waals surface area contributed by atoms with Gasteiger partial charge in [-0.1, -0.05) is 19.3 Å². The zero-order chi connectivity index (χ0) is 9.17. The molecule has 4 rings (SSSR count). The van der Waals surface area contributed by atoms with Crippen molar-refractivity contribution in [3.63, 3.8) is 0 Å². The van der Waals surface area contributed by atoms with Crippen LogP contribution in [0.2, 0.25) is 0 Å². The van der Waals surface area contributed by atoms with E-state index in [-0.39, 0.29) is 0 Å². The molecule has 1 heterocycles. The molecular weight excluding hydrogens is 172 g/mol. The van der Waals surface area contributed by atoms with E-state index >= 15 is 0 Å². The maximum Gasteiger partial charge on any atom is 0.149 e. The zero-order valence-corrected chi connectivity index (χ0v) is 8.72. The molecule has 0 spiro atoms. The van der Waals surface area contributed by atoms with Crippen LogP contribution in [-0.4, -0.2) is 0 Å². The number of allylic oxidation sites excluding steroid dienone is 2. The quantitative estimate of drug-likeness (QED) is 0.615. The van der Waals surface area contributed by atoms with Crippen molar-refractivity contribution >= 4 is 0 Å². The standard InChI is InChI=1S/C13H18O/c1-2-4-10(5-3-1)13-7-6-9(8-13)11-12(13)14-11/h9-10H,1-8H2. The zero-order valence-electron chi connectivity index (χ0n) is 8.72. The van der Waals surface area contributed by atoms with E-state index in [1.807, 2.05) is 0 Å². The molecule has 2 unspecified atom stereocenters. The molecule has 0 radical (unpaired) electrons. The Morgan fingerprint density at radius 1 is 1.07 bits per heavy atom. The molecule has 2 saturated carbocycles. The Morgan fingerprint density at radius 2 is 1.93 bits per heavy atom. The van der Waals surface area contributed by atoms with Crippen LogP contribution in [0.25, 0.3) is 0 Å². The highest BCUT2D eigenvalue weighted by atomic mass is 16.6. The Hall–Kier alpha value is -0.460. The average Bonchev–Trinajstić information content (AvgIpc) is 2.89. The summed E-state index contributed by atoms with van der Waals surface area (Å²) < 4.78 is 5.73. The van der Waals surface area contributed by atoms with Gasteiger partial charge in [0.25, 0.3) is 0 Å². The fraction of sp³-hybridized carbons (Fsp3) is 0.846. The second kappa shape index (κ2) is 2.37. The molecule has 0 aromatic heterocycles. The van der Waals surface area contributed by atoms with E-state index in [0.29, 0.717) is 5.41 Å². The van der Waals surface area contributed by atoms with E-state index in [0.717, 1.165) is 11.8 Å². The van der Waals surface area contributed by atoms with Crippen LogP contribution < -0.4 is 0 Å². The molecule has 4 aliphatic rings. The molecule has 0 aromatic carbocycles. The third kappa shape index (κ3) is 0.780. The molecule has 1 aliphatic heterocycles. The van der Waals surface area contributed by atoms with E-state index in [4.69, 9.17) is 4.74 Å². The summed E-state index contributed by atoms with van der Waals surface area (Å²) in [7, 11) is 0. The van der Waals surface area contributed by atoms with Crippen molar-refractivity contribution in [2.75, 3.05) is 0 Å². The highest BCUT2D eigenvalue weighted by Crippen LogP contribution is 2.70. The van der Waals surface area contributed by atoms with Gasteiger partial charge in [0.1, 0.15) is 11.5 Å². The highest BCUT2D eigenvalue weighted by molar-refractivity contribution is 5.38. The molecule has 76 valence electrons. The second-order valence-electron chi connectivity index (χ2n) is 5.73. The van der Waals surface area contributed by atoms with Crippen molar-refractivity contribution in [2.45, 2.75) is 51.4 Å². The van der Waals surface area contributed by atoms with Gasteiger partial charge in [-0.2, -0.15) is 0 Å². The maximum absolute atomic E-state index is 5.73. The van der Waals surface area contributed by atoms with Crippen LogP contribution in [0.5, 0.6) is 0 Å². The summed E-state index contributed by atoms with van der Waals surface area (Å²) in [5.41, 5.74) is 0.570. The van der Waals surface area contributed by atoms with E-state index in [2.05, 4.69) is 0 Å². The van der Waals surface area contributed by atoms with Gasteiger partial charge in [-0.05, 0) is 38.0 Å². The lowest BCUT2D eigenvalue weighted by Crippen LogP contribution is -2.29. The van der Waals surface area contributed by atoms with Gasteiger partial charge in [-0.15, -0.1) is 0 Å². The minimum atomic E-state index is 0.570. The molecule has 0 amide bonds. The Balaban J connectivity index is 1.67. The summed E-state index contributed by atoms with van der Waals surface area (Å²) in [5.74, 6) is 4.74. The van der Waals surface area contributed by atoms with Gasteiger partial charge in [-0.3, -0.25) is 0 Å². The van der Waals surface area contributed by atoms with E-state index in [9.17, 15) is 0 Å². The van der Waals surface area contributed by atoms with Gasteiger partial charge in [-0.25, -0.2) is 0 Å². The molecule has 0 saturated heterocycles. The lowest BCUT2D eigenvalue weighted by molar-refractivity contribution is 0.125. The van der Waals surface area contributed by atoms with Gasteiger partial charge in [0, 0.05) is 11.3 Å². The normalized spacial score (nSPS) is 45.3. The Morgan fingerprint density at radius 3 is 2.64 bits per heavy atom.